The van der Waals surface area contributed by atoms with Crippen molar-refractivity contribution >= 4 is 23.1 Å². The van der Waals surface area contributed by atoms with E-state index < -0.39 is 22.7 Å². The van der Waals surface area contributed by atoms with Crippen molar-refractivity contribution < 1.29 is 24.4 Å². The molecule has 2 atom stereocenters. The summed E-state index contributed by atoms with van der Waals surface area (Å²) in [6.07, 6.45) is 1.31. The Kier molecular flexibility index (Phi) is 5.56. The third kappa shape index (κ3) is 3.82. The van der Waals surface area contributed by atoms with Crippen LogP contribution in [0.5, 0.6) is 0 Å². The number of aryl methyl sites for hydroxylation is 1. The van der Waals surface area contributed by atoms with Crippen molar-refractivity contribution in [2.24, 2.45) is 0 Å². The molecule has 0 aromatic heterocycles. The quantitative estimate of drug-likeness (QED) is 0.260. The number of nitro groups is 1. The lowest BCUT2D eigenvalue weighted by atomic mass is 9.94. The Morgan fingerprint density at radius 3 is 2.55 bits per heavy atom. The van der Waals surface area contributed by atoms with Gasteiger partial charge in [0.2, 0.25) is 0 Å². The molecule has 2 heterocycles. The van der Waals surface area contributed by atoms with E-state index in [1.165, 1.54) is 23.1 Å². The van der Waals surface area contributed by atoms with Gasteiger partial charge in [0.25, 0.3) is 17.4 Å². The number of ether oxygens (including phenoxy) is 1. The minimum absolute atomic E-state index is 0.117. The molecule has 2 aliphatic heterocycles. The second-order valence-electron chi connectivity index (χ2n) is 7.77. The molecule has 8 heteroatoms. The topological polar surface area (TPSA) is 110 Å². The molecule has 2 aliphatic rings. The van der Waals surface area contributed by atoms with Crippen molar-refractivity contribution in [3.8, 4) is 0 Å². The highest BCUT2D eigenvalue weighted by molar-refractivity contribution is 6.46. The molecule has 2 saturated heterocycles. The molecule has 1 N–H and O–H groups in total. The van der Waals surface area contributed by atoms with Crippen LogP contribution in [0.1, 0.15) is 35.6 Å². The molecule has 2 fully saturated rings. The highest BCUT2D eigenvalue weighted by atomic mass is 16.6. The molecule has 0 spiro atoms. The number of ketones is 1. The van der Waals surface area contributed by atoms with Crippen molar-refractivity contribution in [2.45, 2.75) is 31.9 Å². The molecule has 31 heavy (non-hydrogen) atoms. The fraction of sp³-hybridized carbons (Fsp3) is 0.304. The summed E-state index contributed by atoms with van der Waals surface area (Å²) in [5, 5.41) is 22.7. The maximum atomic E-state index is 13.0. The standard InChI is InChI=1S/C23H22N2O6/c1-14-8-10-15(11-9-14)21(26)19-20(17-6-2-3-7-18(17)25(29)30)24(23(28)22(19)27)13-16-5-4-12-31-16/h2-3,6-11,16,20,26H,4-5,12-13H2,1H3/t16-,20-/m1/s1. The molecule has 2 aromatic carbocycles. The minimum atomic E-state index is -1.08. The SMILES string of the molecule is Cc1ccc(C(O)=C2C(=O)C(=O)N(C[C@H]3CCCO3)[C@@H]2c2ccccc2[N+](=O)[O-])cc1. The number of nitro benzene ring substituents is 1. The van der Waals surface area contributed by atoms with Crippen LogP contribution in [0.25, 0.3) is 5.76 Å². The Morgan fingerprint density at radius 2 is 1.90 bits per heavy atom. The predicted octanol–water partition coefficient (Wildman–Crippen LogP) is 3.50. The van der Waals surface area contributed by atoms with Gasteiger partial charge in [-0.3, -0.25) is 19.7 Å². The van der Waals surface area contributed by atoms with Crippen LogP contribution in [0.2, 0.25) is 0 Å². The number of Topliss-reactive ketones (excluding diaryl/α,β-unsaturated/α-hetero) is 1. The summed E-state index contributed by atoms with van der Waals surface area (Å²) in [5.74, 6) is -2.01. The predicted molar refractivity (Wildman–Crippen MR) is 112 cm³/mol. The minimum Gasteiger partial charge on any atom is -0.507 e. The van der Waals surface area contributed by atoms with E-state index in [0.717, 1.165) is 18.4 Å². The number of likely N-dealkylation sites (tertiary alicyclic amines) is 1. The fourth-order valence-electron chi connectivity index (χ4n) is 4.15. The number of amides is 1. The number of carbonyl (C=O) groups excluding carboxylic acids is 2. The molecule has 4 rings (SSSR count). The van der Waals surface area contributed by atoms with Gasteiger partial charge in [-0.2, -0.15) is 0 Å². The fourth-order valence-corrected chi connectivity index (χ4v) is 4.15. The molecule has 8 nitrogen and oxygen atoms in total. The molecular weight excluding hydrogens is 400 g/mol. The van der Waals surface area contributed by atoms with Crippen molar-refractivity contribution in [1.82, 2.24) is 4.90 Å². The highest BCUT2D eigenvalue weighted by Crippen LogP contribution is 2.43. The van der Waals surface area contributed by atoms with Crippen molar-refractivity contribution in [3.63, 3.8) is 0 Å². The van der Waals surface area contributed by atoms with Gasteiger partial charge in [0.1, 0.15) is 5.76 Å². The summed E-state index contributed by atoms with van der Waals surface area (Å²) in [7, 11) is 0. The van der Waals surface area contributed by atoms with Gasteiger partial charge >= 0.3 is 0 Å². The lowest BCUT2D eigenvalue weighted by molar-refractivity contribution is -0.385. The number of para-hydroxylation sites is 1. The van der Waals surface area contributed by atoms with Crippen LogP contribution < -0.4 is 0 Å². The first-order valence-electron chi connectivity index (χ1n) is 10.1. The number of carbonyl (C=O) groups is 2. The third-order valence-electron chi connectivity index (χ3n) is 5.72. The van der Waals surface area contributed by atoms with Crippen LogP contribution in [-0.4, -0.2) is 45.9 Å². The number of benzene rings is 2. The van der Waals surface area contributed by atoms with Gasteiger partial charge in [0.05, 0.1) is 28.2 Å². The molecule has 0 aliphatic carbocycles. The summed E-state index contributed by atoms with van der Waals surface area (Å²) in [5.41, 5.74) is 1.14. The maximum absolute atomic E-state index is 13.0. The molecule has 0 bridgehead atoms. The second-order valence-corrected chi connectivity index (χ2v) is 7.77. The lowest BCUT2D eigenvalue weighted by Crippen LogP contribution is -2.36. The number of aliphatic hydroxyl groups excluding tert-OH is 1. The van der Waals surface area contributed by atoms with Crippen LogP contribution in [0.3, 0.4) is 0 Å². The van der Waals surface area contributed by atoms with Crippen LogP contribution in [-0.2, 0) is 14.3 Å². The number of aliphatic hydroxyl groups is 1. The van der Waals surface area contributed by atoms with E-state index in [2.05, 4.69) is 0 Å². The highest BCUT2D eigenvalue weighted by Gasteiger charge is 2.48. The average Bonchev–Trinajstić information content (AvgIpc) is 3.36. The van der Waals surface area contributed by atoms with Gasteiger partial charge in [-0.05, 0) is 25.8 Å². The summed E-state index contributed by atoms with van der Waals surface area (Å²) in [4.78, 5) is 38.4. The largest absolute Gasteiger partial charge is 0.507 e. The first-order valence-corrected chi connectivity index (χ1v) is 10.1. The monoisotopic (exact) mass is 422 g/mol. The Morgan fingerprint density at radius 1 is 1.19 bits per heavy atom. The lowest BCUT2D eigenvalue weighted by Gasteiger charge is -2.27. The summed E-state index contributed by atoms with van der Waals surface area (Å²) < 4.78 is 5.64. The van der Waals surface area contributed by atoms with Gasteiger partial charge < -0.3 is 14.7 Å². The van der Waals surface area contributed by atoms with Gasteiger partial charge in [0.15, 0.2) is 0 Å². The van der Waals surface area contributed by atoms with Gasteiger partial charge in [-0.15, -0.1) is 0 Å². The van der Waals surface area contributed by atoms with Crippen LogP contribution in [0, 0.1) is 17.0 Å². The normalized spacial score (nSPS) is 22.8. The molecular formula is C23H22N2O6. The van der Waals surface area contributed by atoms with E-state index >= 15 is 0 Å². The van der Waals surface area contributed by atoms with E-state index in [1.54, 1.807) is 30.3 Å². The van der Waals surface area contributed by atoms with Crippen LogP contribution in [0.15, 0.2) is 54.1 Å². The van der Waals surface area contributed by atoms with E-state index in [9.17, 15) is 24.8 Å². The first kappa shape index (κ1) is 20.7. The number of nitrogens with zero attached hydrogens (tertiary/aromatic N) is 2. The van der Waals surface area contributed by atoms with Gasteiger partial charge in [-0.1, -0.05) is 42.0 Å². The molecule has 0 unspecified atom stereocenters. The van der Waals surface area contributed by atoms with Gasteiger partial charge in [0, 0.05) is 24.8 Å². The van der Waals surface area contributed by atoms with Crippen LogP contribution >= 0.6 is 0 Å². The zero-order chi connectivity index (χ0) is 22.1. The van der Waals surface area contributed by atoms with E-state index in [4.69, 9.17) is 4.74 Å². The van der Waals surface area contributed by atoms with E-state index in [0.29, 0.717) is 12.2 Å². The van der Waals surface area contributed by atoms with Crippen LogP contribution in [0.4, 0.5) is 5.69 Å². The van der Waals surface area contributed by atoms with E-state index in [-0.39, 0.29) is 35.2 Å². The Hall–Kier alpha value is -3.52. The molecule has 0 radical (unpaired) electrons. The smallest absolute Gasteiger partial charge is 0.295 e. The zero-order valence-corrected chi connectivity index (χ0v) is 17.0. The Labute approximate surface area is 178 Å². The molecule has 160 valence electrons. The molecule has 2 aromatic rings. The van der Waals surface area contributed by atoms with Gasteiger partial charge in [-0.25, -0.2) is 0 Å². The Bertz CT molecular complexity index is 1070. The van der Waals surface area contributed by atoms with E-state index in [1.807, 2.05) is 6.92 Å². The number of hydrogen-bond donors (Lipinski definition) is 1. The van der Waals surface area contributed by atoms with Crippen molar-refractivity contribution in [3.05, 3.63) is 80.9 Å². The summed E-state index contributed by atoms with van der Waals surface area (Å²) in [6, 6.07) is 11.7. The van der Waals surface area contributed by atoms with Crippen molar-refractivity contribution in [2.75, 3.05) is 13.2 Å². The number of rotatable bonds is 5. The molecule has 0 saturated carbocycles. The second kappa shape index (κ2) is 8.31. The average molecular weight is 422 g/mol. The number of hydrogen-bond acceptors (Lipinski definition) is 6. The van der Waals surface area contributed by atoms with Crippen molar-refractivity contribution in [1.29, 1.82) is 0 Å². The third-order valence-corrected chi connectivity index (χ3v) is 5.72. The summed E-state index contributed by atoms with van der Waals surface area (Å²) >= 11 is 0. The maximum Gasteiger partial charge on any atom is 0.295 e. The Balaban J connectivity index is 1.89. The zero-order valence-electron chi connectivity index (χ0n) is 17.0. The molecule has 1 amide bonds. The first-order chi connectivity index (χ1) is 14.9. The summed E-state index contributed by atoms with van der Waals surface area (Å²) in [6.45, 7) is 2.57.